The summed E-state index contributed by atoms with van der Waals surface area (Å²) in [7, 11) is -3.81. The third kappa shape index (κ3) is 2.51. The van der Waals surface area contributed by atoms with Gasteiger partial charge in [-0.2, -0.15) is 5.10 Å². The van der Waals surface area contributed by atoms with E-state index in [4.69, 9.17) is 10.9 Å². The van der Waals surface area contributed by atoms with Crippen LogP contribution in [0.15, 0.2) is 27.6 Å². The molecule has 0 aliphatic carbocycles. The first-order valence-corrected chi connectivity index (χ1v) is 7.70. The van der Waals surface area contributed by atoms with Gasteiger partial charge >= 0.3 is 0 Å². The Morgan fingerprint density at radius 1 is 1.32 bits per heavy atom. The lowest BCUT2D eigenvalue weighted by Crippen LogP contribution is -2.14. The molecule has 2 aromatic rings. The highest BCUT2D eigenvalue weighted by molar-refractivity contribution is 9.10. The monoisotopic (exact) mass is 344 g/mol. The number of aromatic nitrogens is 2. The van der Waals surface area contributed by atoms with E-state index in [0.717, 1.165) is 15.9 Å². The highest BCUT2D eigenvalue weighted by atomic mass is 79.9. The normalized spacial score (nSPS) is 11.8. The van der Waals surface area contributed by atoms with E-state index in [9.17, 15) is 8.42 Å². The van der Waals surface area contributed by atoms with Crippen LogP contribution in [0.5, 0.6) is 0 Å². The van der Waals surface area contributed by atoms with E-state index < -0.39 is 10.0 Å². The zero-order chi connectivity index (χ0) is 14.4. The van der Waals surface area contributed by atoms with Crippen molar-refractivity contribution in [2.75, 3.05) is 5.73 Å². The first-order chi connectivity index (χ1) is 8.71. The number of nitrogen functional groups attached to an aromatic ring is 1. The molecule has 0 spiro atoms. The maximum Gasteiger partial charge on any atom is 0.240 e. The molecule has 0 saturated carbocycles. The predicted molar refractivity (Wildman–Crippen MR) is 76.5 cm³/mol. The van der Waals surface area contributed by atoms with Crippen LogP contribution in [0.1, 0.15) is 11.4 Å². The molecule has 0 unspecified atom stereocenters. The van der Waals surface area contributed by atoms with E-state index >= 15 is 0 Å². The van der Waals surface area contributed by atoms with E-state index in [0.29, 0.717) is 5.69 Å². The molecule has 1 aromatic heterocycles. The fourth-order valence-electron chi connectivity index (χ4n) is 1.80. The molecule has 4 N–H and O–H groups in total. The number of hydrogen-bond acceptors (Lipinski definition) is 4. The van der Waals surface area contributed by atoms with Gasteiger partial charge in [0.2, 0.25) is 10.0 Å². The lowest BCUT2D eigenvalue weighted by molar-refractivity contribution is 0.598. The zero-order valence-corrected chi connectivity index (χ0v) is 12.8. The minimum absolute atomic E-state index is 0.0863. The summed E-state index contributed by atoms with van der Waals surface area (Å²) in [6.45, 7) is 3.77. The second-order valence-corrected chi connectivity index (χ2v) is 6.49. The van der Waals surface area contributed by atoms with Gasteiger partial charge in [0.15, 0.2) is 0 Å². The number of nitrogens with zero attached hydrogens (tertiary/aromatic N) is 2. The van der Waals surface area contributed by atoms with E-state index in [2.05, 4.69) is 21.0 Å². The molecule has 2 rings (SSSR count). The quantitative estimate of drug-likeness (QED) is 0.805. The standard InChI is InChI=1S/C11H13BrN4O2S/c1-6-11(12)7(2)16(15-6)8-3-4-10(9(13)5-8)19(14,17)18/h3-5H,13H2,1-2H3,(H2,14,17,18). The number of nitrogens with two attached hydrogens (primary N) is 2. The maximum absolute atomic E-state index is 11.3. The first kappa shape index (κ1) is 14.0. The third-order valence-corrected chi connectivity index (χ3v) is 4.88. The summed E-state index contributed by atoms with van der Waals surface area (Å²) >= 11 is 3.43. The van der Waals surface area contributed by atoms with Crippen molar-refractivity contribution in [3.8, 4) is 5.69 Å². The fraction of sp³-hybridized carbons (Fsp3) is 0.182. The number of aryl methyl sites for hydroxylation is 1. The molecule has 1 aromatic carbocycles. The Morgan fingerprint density at radius 2 is 1.95 bits per heavy atom. The summed E-state index contributed by atoms with van der Waals surface area (Å²) in [5.41, 5.74) is 8.25. The van der Waals surface area contributed by atoms with E-state index in [1.165, 1.54) is 12.1 Å². The molecule has 0 aliphatic heterocycles. The summed E-state index contributed by atoms with van der Waals surface area (Å²) in [4.78, 5) is -0.0863. The van der Waals surface area contributed by atoms with Crippen molar-refractivity contribution in [1.82, 2.24) is 9.78 Å². The Bertz CT molecular complexity index is 752. The molecule has 1 heterocycles. The van der Waals surface area contributed by atoms with Gasteiger partial charge in [-0.1, -0.05) is 0 Å². The molecule has 0 atom stereocenters. The van der Waals surface area contributed by atoms with Gasteiger partial charge in [0.05, 0.1) is 27.2 Å². The number of hydrogen-bond donors (Lipinski definition) is 2. The molecule has 102 valence electrons. The molecular formula is C11H13BrN4O2S. The number of benzene rings is 1. The summed E-state index contributed by atoms with van der Waals surface area (Å²) in [6.07, 6.45) is 0. The fourth-order valence-corrected chi connectivity index (χ4v) is 2.69. The Morgan fingerprint density at radius 3 is 2.37 bits per heavy atom. The minimum atomic E-state index is -3.81. The number of rotatable bonds is 2. The van der Waals surface area contributed by atoms with Crippen LogP contribution in [0.3, 0.4) is 0 Å². The van der Waals surface area contributed by atoms with Crippen molar-refractivity contribution in [2.24, 2.45) is 5.14 Å². The second-order valence-electron chi connectivity index (χ2n) is 4.16. The van der Waals surface area contributed by atoms with E-state index in [-0.39, 0.29) is 10.6 Å². The first-order valence-electron chi connectivity index (χ1n) is 5.36. The van der Waals surface area contributed by atoms with Crippen LogP contribution in [0, 0.1) is 13.8 Å². The zero-order valence-electron chi connectivity index (χ0n) is 10.4. The molecule has 0 fully saturated rings. The van der Waals surface area contributed by atoms with Crippen LogP contribution in [-0.4, -0.2) is 18.2 Å². The minimum Gasteiger partial charge on any atom is -0.398 e. The highest BCUT2D eigenvalue weighted by Gasteiger charge is 2.15. The van der Waals surface area contributed by atoms with Gasteiger partial charge in [0.25, 0.3) is 0 Å². The van der Waals surface area contributed by atoms with Crippen LogP contribution in [0.2, 0.25) is 0 Å². The van der Waals surface area contributed by atoms with Crippen molar-refractivity contribution < 1.29 is 8.42 Å². The topological polar surface area (TPSA) is 104 Å². The largest absolute Gasteiger partial charge is 0.398 e. The van der Waals surface area contributed by atoms with Gasteiger partial charge in [0.1, 0.15) is 4.90 Å². The number of sulfonamides is 1. The lowest BCUT2D eigenvalue weighted by Gasteiger charge is -2.08. The summed E-state index contributed by atoms with van der Waals surface area (Å²) in [5.74, 6) is 0. The van der Waals surface area contributed by atoms with Crippen LogP contribution >= 0.6 is 15.9 Å². The van der Waals surface area contributed by atoms with Gasteiger partial charge in [-0.15, -0.1) is 0 Å². The molecular weight excluding hydrogens is 332 g/mol. The van der Waals surface area contributed by atoms with Crippen molar-refractivity contribution in [2.45, 2.75) is 18.7 Å². The van der Waals surface area contributed by atoms with Gasteiger partial charge < -0.3 is 5.73 Å². The highest BCUT2D eigenvalue weighted by Crippen LogP contribution is 2.25. The van der Waals surface area contributed by atoms with Crippen LogP contribution in [0.4, 0.5) is 5.69 Å². The van der Waals surface area contributed by atoms with Gasteiger partial charge in [0, 0.05) is 0 Å². The lowest BCUT2D eigenvalue weighted by atomic mass is 10.3. The SMILES string of the molecule is Cc1nn(-c2ccc(S(N)(=O)=O)c(N)c2)c(C)c1Br. The van der Waals surface area contributed by atoms with E-state index in [1.54, 1.807) is 10.7 Å². The molecule has 0 amide bonds. The van der Waals surface area contributed by atoms with Gasteiger partial charge in [-0.05, 0) is 48.0 Å². The Hall–Kier alpha value is -1.38. The van der Waals surface area contributed by atoms with Crippen LogP contribution < -0.4 is 10.9 Å². The molecule has 19 heavy (non-hydrogen) atoms. The van der Waals surface area contributed by atoms with Gasteiger partial charge in [-0.3, -0.25) is 0 Å². The predicted octanol–water partition coefficient (Wildman–Crippen LogP) is 1.48. The Balaban J connectivity index is 2.60. The van der Waals surface area contributed by atoms with E-state index in [1.807, 2.05) is 13.8 Å². The summed E-state index contributed by atoms with van der Waals surface area (Å²) < 4.78 is 25.2. The smallest absolute Gasteiger partial charge is 0.240 e. The van der Waals surface area contributed by atoms with Crippen molar-refractivity contribution in [1.29, 1.82) is 0 Å². The number of anilines is 1. The van der Waals surface area contributed by atoms with Crippen molar-refractivity contribution in [3.05, 3.63) is 34.1 Å². The van der Waals surface area contributed by atoms with Gasteiger partial charge in [-0.25, -0.2) is 18.2 Å². The van der Waals surface area contributed by atoms with Crippen LogP contribution in [0.25, 0.3) is 5.69 Å². The number of primary sulfonamides is 1. The second kappa shape index (κ2) is 4.62. The number of halogens is 1. The molecule has 0 radical (unpaired) electrons. The summed E-state index contributed by atoms with van der Waals surface area (Å²) in [6, 6.07) is 4.53. The average Bonchev–Trinajstić information content (AvgIpc) is 2.55. The van der Waals surface area contributed by atoms with Crippen LogP contribution in [-0.2, 0) is 10.0 Å². The molecule has 6 nitrogen and oxygen atoms in total. The molecule has 0 saturated heterocycles. The Labute approximate surface area is 119 Å². The molecule has 0 bridgehead atoms. The maximum atomic E-state index is 11.3. The van der Waals surface area contributed by atoms with Crippen molar-refractivity contribution in [3.63, 3.8) is 0 Å². The molecule has 0 aliphatic rings. The average molecular weight is 345 g/mol. The Kier molecular flexibility index (Phi) is 3.41. The third-order valence-electron chi connectivity index (χ3n) is 2.75. The molecule has 8 heteroatoms. The summed E-state index contributed by atoms with van der Waals surface area (Å²) in [5, 5.41) is 9.41. The van der Waals surface area contributed by atoms with Crippen molar-refractivity contribution >= 4 is 31.6 Å².